The van der Waals surface area contributed by atoms with Gasteiger partial charge in [-0.25, -0.2) is 8.42 Å². The molecule has 11 heteroatoms. The maximum atomic E-state index is 12.6. The van der Waals surface area contributed by atoms with Crippen LogP contribution in [0.1, 0.15) is 23.4 Å². The third-order valence-corrected chi connectivity index (χ3v) is 6.47. The monoisotopic (exact) mass is 471 g/mol. The first kappa shape index (κ1) is 20.4. The topological polar surface area (TPSA) is 129 Å². The van der Waals surface area contributed by atoms with Crippen LogP contribution >= 0.6 is 15.9 Å². The third kappa shape index (κ3) is 4.54. The highest BCUT2D eigenvalue weighted by molar-refractivity contribution is 9.10. The van der Waals surface area contributed by atoms with Crippen molar-refractivity contribution in [1.82, 2.24) is 9.62 Å². The third-order valence-electron chi connectivity index (χ3n) is 4.15. The van der Waals surface area contributed by atoms with E-state index in [-0.39, 0.29) is 28.6 Å². The fraction of sp³-hybridized carbons (Fsp3) is 0.294. The van der Waals surface area contributed by atoms with E-state index in [2.05, 4.69) is 26.6 Å². The molecule has 0 atom stereocenters. The standard InChI is InChI=1S/C17H18BrN3O6S/c18-15-6-5-14(27-15)17(24)19-10-16(23)20-12-9-11(3-4-13(12)22)28(25,26)21-7-1-2-8-21/h3-6,9,22H,1-2,7-8,10H2,(H,19,24)(H,20,23). The maximum Gasteiger partial charge on any atom is 0.287 e. The Labute approximate surface area is 169 Å². The molecule has 1 fully saturated rings. The van der Waals surface area contributed by atoms with Gasteiger partial charge in [-0.05, 0) is 59.1 Å². The van der Waals surface area contributed by atoms with Crippen LogP contribution in [0.15, 0.2) is 44.3 Å². The number of furan rings is 1. The van der Waals surface area contributed by atoms with E-state index < -0.39 is 21.8 Å². The molecule has 2 amide bonds. The number of halogens is 1. The number of hydrogen-bond donors (Lipinski definition) is 3. The lowest BCUT2D eigenvalue weighted by Crippen LogP contribution is -2.32. The van der Waals surface area contributed by atoms with Crippen molar-refractivity contribution in [3.63, 3.8) is 0 Å². The summed E-state index contributed by atoms with van der Waals surface area (Å²) < 4.78 is 32.1. The number of nitrogens with zero attached hydrogens (tertiary/aromatic N) is 1. The fourth-order valence-electron chi connectivity index (χ4n) is 2.73. The maximum absolute atomic E-state index is 12.6. The van der Waals surface area contributed by atoms with Crippen molar-refractivity contribution in [1.29, 1.82) is 0 Å². The number of rotatable bonds is 6. The van der Waals surface area contributed by atoms with Gasteiger partial charge in [0.1, 0.15) is 5.75 Å². The molecule has 0 saturated carbocycles. The van der Waals surface area contributed by atoms with E-state index in [1.807, 2.05) is 0 Å². The van der Waals surface area contributed by atoms with Gasteiger partial charge >= 0.3 is 0 Å². The fourth-order valence-corrected chi connectivity index (χ4v) is 4.58. The van der Waals surface area contributed by atoms with Crippen LogP contribution in [0.4, 0.5) is 5.69 Å². The Morgan fingerprint density at radius 2 is 1.89 bits per heavy atom. The van der Waals surface area contributed by atoms with E-state index in [1.54, 1.807) is 6.07 Å². The van der Waals surface area contributed by atoms with Crippen molar-refractivity contribution in [2.75, 3.05) is 25.0 Å². The number of nitrogens with one attached hydrogen (secondary N) is 2. The Bertz CT molecular complexity index is 998. The molecule has 3 N–H and O–H groups in total. The molecule has 2 aromatic rings. The first-order valence-corrected chi connectivity index (χ1v) is 10.7. The van der Waals surface area contributed by atoms with Crippen LogP contribution in [-0.2, 0) is 14.8 Å². The van der Waals surface area contributed by atoms with Crippen LogP contribution in [0.5, 0.6) is 5.75 Å². The molecule has 1 aliphatic heterocycles. The van der Waals surface area contributed by atoms with Crippen LogP contribution < -0.4 is 10.6 Å². The van der Waals surface area contributed by atoms with Crippen molar-refractivity contribution >= 4 is 43.5 Å². The highest BCUT2D eigenvalue weighted by atomic mass is 79.9. The molecule has 3 rings (SSSR count). The minimum absolute atomic E-state index is 0.0213. The zero-order chi connectivity index (χ0) is 20.3. The summed E-state index contributed by atoms with van der Waals surface area (Å²) in [6, 6.07) is 6.67. The van der Waals surface area contributed by atoms with Crippen LogP contribution in [0, 0.1) is 0 Å². The van der Waals surface area contributed by atoms with Crippen LogP contribution in [-0.4, -0.2) is 49.3 Å². The highest BCUT2D eigenvalue weighted by Gasteiger charge is 2.28. The molecule has 0 unspecified atom stereocenters. The number of carbonyl (C=O) groups is 2. The Morgan fingerprint density at radius 3 is 2.54 bits per heavy atom. The van der Waals surface area contributed by atoms with Gasteiger partial charge in [0.2, 0.25) is 15.9 Å². The Kier molecular flexibility index (Phi) is 6.06. The summed E-state index contributed by atoms with van der Waals surface area (Å²) in [7, 11) is -3.69. The summed E-state index contributed by atoms with van der Waals surface area (Å²) in [5.74, 6) is -1.48. The number of phenolic OH excluding ortho intramolecular Hbond substituents is 1. The van der Waals surface area contributed by atoms with Crippen molar-refractivity contribution in [3.8, 4) is 5.75 Å². The molecule has 9 nitrogen and oxygen atoms in total. The summed E-state index contributed by atoms with van der Waals surface area (Å²) in [5.41, 5.74) is -0.0553. The van der Waals surface area contributed by atoms with Gasteiger partial charge in [-0.1, -0.05) is 0 Å². The Hall–Kier alpha value is -2.37. The van der Waals surface area contributed by atoms with E-state index in [0.29, 0.717) is 17.8 Å². The van der Waals surface area contributed by atoms with E-state index in [0.717, 1.165) is 12.8 Å². The summed E-state index contributed by atoms with van der Waals surface area (Å²) in [4.78, 5) is 23.9. The number of hydrogen-bond acceptors (Lipinski definition) is 6. The smallest absolute Gasteiger partial charge is 0.287 e. The number of aromatic hydroxyl groups is 1. The van der Waals surface area contributed by atoms with Gasteiger partial charge in [0.15, 0.2) is 10.4 Å². The predicted molar refractivity (Wildman–Crippen MR) is 103 cm³/mol. The largest absolute Gasteiger partial charge is 0.506 e. The lowest BCUT2D eigenvalue weighted by Gasteiger charge is -2.16. The van der Waals surface area contributed by atoms with E-state index in [1.165, 1.54) is 28.6 Å². The summed E-state index contributed by atoms with van der Waals surface area (Å²) in [6.07, 6.45) is 1.60. The van der Waals surface area contributed by atoms with E-state index in [4.69, 9.17) is 4.42 Å². The Balaban J connectivity index is 1.66. The quantitative estimate of drug-likeness (QED) is 0.551. The van der Waals surface area contributed by atoms with Crippen molar-refractivity contribution in [2.45, 2.75) is 17.7 Å². The second kappa shape index (κ2) is 8.33. The van der Waals surface area contributed by atoms with E-state index >= 15 is 0 Å². The first-order chi connectivity index (χ1) is 13.3. The second-order valence-electron chi connectivity index (χ2n) is 6.12. The first-order valence-electron chi connectivity index (χ1n) is 8.44. The van der Waals surface area contributed by atoms with Gasteiger partial charge in [0.05, 0.1) is 17.1 Å². The molecule has 1 aromatic carbocycles. The van der Waals surface area contributed by atoms with Gasteiger partial charge < -0.3 is 20.2 Å². The number of phenols is 1. The van der Waals surface area contributed by atoms with Crippen molar-refractivity contribution in [2.24, 2.45) is 0 Å². The molecular formula is C17H18BrN3O6S. The minimum Gasteiger partial charge on any atom is -0.506 e. The molecule has 2 heterocycles. The molecule has 1 aromatic heterocycles. The summed E-state index contributed by atoms with van der Waals surface area (Å²) in [6.45, 7) is 0.499. The van der Waals surface area contributed by atoms with Crippen LogP contribution in [0.3, 0.4) is 0 Å². The molecule has 0 bridgehead atoms. The highest BCUT2D eigenvalue weighted by Crippen LogP contribution is 2.29. The average Bonchev–Trinajstić information content (AvgIpc) is 3.33. The number of benzene rings is 1. The van der Waals surface area contributed by atoms with Crippen LogP contribution in [0.2, 0.25) is 0 Å². The molecular weight excluding hydrogens is 454 g/mol. The molecule has 0 aliphatic carbocycles. The van der Waals surface area contributed by atoms with Gasteiger partial charge in [-0.3, -0.25) is 9.59 Å². The number of amides is 2. The van der Waals surface area contributed by atoms with Gasteiger partial charge in [-0.2, -0.15) is 4.31 Å². The van der Waals surface area contributed by atoms with E-state index in [9.17, 15) is 23.1 Å². The average molecular weight is 472 g/mol. The zero-order valence-electron chi connectivity index (χ0n) is 14.6. The lowest BCUT2D eigenvalue weighted by atomic mass is 10.3. The minimum atomic E-state index is -3.69. The summed E-state index contributed by atoms with van der Waals surface area (Å²) in [5, 5.41) is 14.7. The molecule has 0 spiro atoms. The Morgan fingerprint density at radius 1 is 1.18 bits per heavy atom. The SMILES string of the molecule is O=C(CNC(=O)c1ccc(Br)o1)Nc1cc(S(=O)(=O)N2CCCC2)ccc1O. The van der Waals surface area contributed by atoms with Gasteiger partial charge in [-0.15, -0.1) is 0 Å². The second-order valence-corrected chi connectivity index (χ2v) is 8.84. The van der Waals surface area contributed by atoms with Crippen molar-refractivity contribution < 1.29 is 27.5 Å². The number of carbonyl (C=O) groups excluding carboxylic acids is 2. The number of sulfonamides is 1. The molecule has 150 valence electrons. The van der Waals surface area contributed by atoms with Crippen LogP contribution in [0.25, 0.3) is 0 Å². The lowest BCUT2D eigenvalue weighted by molar-refractivity contribution is -0.115. The molecule has 1 saturated heterocycles. The van der Waals surface area contributed by atoms with Crippen molar-refractivity contribution in [3.05, 3.63) is 40.8 Å². The number of anilines is 1. The zero-order valence-corrected chi connectivity index (χ0v) is 17.0. The normalized spacial score (nSPS) is 14.8. The van der Waals surface area contributed by atoms with Gasteiger partial charge in [0, 0.05) is 13.1 Å². The predicted octanol–water partition coefficient (Wildman–Crippen LogP) is 1.90. The molecule has 1 aliphatic rings. The summed E-state index contributed by atoms with van der Waals surface area (Å²) >= 11 is 3.07. The molecule has 0 radical (unpaired) electrons. The molecule has 28 heavy (non-hydrogen) atoms. The van der Waals surface area contributed by atoms with Gasteiger partial charge in [0.25, 0.3) is 5.91 Å².